The van der Waals surface area contributed by atoms with E-state index in [0.29, 0.717) is 0 Å². The van der Waals surface area contributed by atoms with Crippen molar-refractivity contribution in [3.63, 3.8) is 0 Å². The van der Waals surface area contributed by atoms with Gasteiger partial charge in [0.1, 0.15) is 0 Å². The van der Waals surface area contributed by atoms with Crippen LogP contribution in [0.5, 0.6) is 0 Å². The van der Waals surface area contributed by atoms with Gasteiger partial charge in [0.25, 0.3) is 0 Å². The monoisotopic (exact) mass is 357 g/mol. The minimum absolute atomic E-state index is 0.0286. The molecule has 0 fully saturated rings. The number of rotatable bonds is 1. The first-order valence-corrected chi connectivity index (χ1v) is 6.12. The number of halogens is 10. The zero-order valence-electron chi connectivity index (χ0n) is 11.9. The molecule has 0 aromatic rings. The normalized spacial score (nSPS) is 22.5. The molecule has 23 heavy (non-hydrogen) atoms. The van der Waals surface area contributed by atoms with Crippen molar-refractivity contribution >= 4 is 0 Å². The first-order chi connectivity index (χ1) is 9.96. The van der Waals surface area contributed by atoms with E-state index in [1.165, 1.54) is 0 Å². The van der Waals surface area contributed by atoms with Gasteiger partial charge in [0.05, 0.1) is 0 Å². The molecule has 1 atom stereocenters. The molecular weight excluding hydrogens is 346 g/mol. The Kier molecular flexibility index (Phi) is 4.66. The summed E-state index contributed by atoms with van der Waals surface area (Å²) in [6.45, 7) is 2.92. The van der Waals surface area contributed by atoms with Crippen LogP contribution in [-0.2, 0) is 0 Å². The summed E-state index contributed by atoms with van der Waals surface area (Å²) in [4.78, 5) is 0. The zero-order chi connectivity index (χ0) is 18.6. The smallest absolute Gasteiger partial charge is 0.218 e. The van der Waals surface area contributed by atoms with Crippen molar-refractivity contribution in [2.24, 2.45) is 5.92 Å². The molecule has 0 nitrogen and oxygen atoms in total. The maximum atomic E-state index is 14.1. The number of alkyl halides is 10. The fraction of sp³-hybridized carbons (Fsp3) is 0.615. The second-order valence-electron chi connectivity index (χ2n) is 5.21. The summed E-state index contributed by atoms with van der Waals surface area (Å²) >= 11 is 0. The predicted octanol–water partition coefficient (Wildman–Crippen LogP) is 5.87. The van der Waals surface area contributed by atoms with Crippen LogP contribution >= 0.6 is 0 Å². The third-order valence-corrected chi connectivity index (χ3v) is 3.81. The SMILES string of the molecule is C[C]1C(C)=CC(C(F)(C(F)(F)F)C(F)(F)F)=C(C(F)(F)F)C1C. The second kappa shape index (κ2) is 5.41. The standard InChI is InChI=1S/C13H11F10/c1-5-4-8(9(11(15,16)17)7(3)6(5)2)10(14,12(18,19)20)13(21,22)23/h4,7H,1-3H3. The van der Waals surface area contributed by atoms with Crippen molar-refractivity contribution in [2.75, 3.05) is 0 Å². The molecule has 0 amide bonds. The van der Waals surface area contributed by atoms with Crippen LogP contribution < -0.4 is 0 Å². The lowest BCUT2D eigenvalue weighted by Crippen LogP contribution is -2.56. The molecule has 0 saturated heterocycles. The van der Waals surface area contributed by atoms with Gasteiger partial charge in [-0.25, -0.2) is 4.39 Å². The van der Waals surface area contributed by atoms with E-state index in [2.05, 4.69) is 0 Å². The molecule has 1 aliphatic carbocycles. The highest BCUT2D eigenvalue weighted by molar-refractivity contribution is 5.51. The first kappa shape index (κ1) is 19.8. The minimum Gasteiger partial charge on any atom is -0.218 e. The van der Waals surface area contributed by atoms with E-state index in [1.54, 1.807) is 0 Å². The van der Waals surface area contributed by atoms with Crippen LogP contribution in [0.4, 0.5) is 43.9 Å². The average molecular weight is 357 g/mol. The maximum Gasteiger partial charge on any atom is 0.435 e. The Morgan fingerprint density at radius 1 is 0.783 bits per heavy atom. The molecule has 0 heterocycles. The number of hydrogen-bond acceptors (Lipinski definition) is 0. The summed E-state index contributed by atoms with van der Waals surface area (Å²) in [5.41, 5.74) is -11.0. The van der Waals surface area contributed by atoms with Gasteiger partial charge < -0.3 is 0 Å². The Morgan fingerprint density at radius 3 is 1.48 bits per heavy atom. The molecule has 0 spiro atoms. The Labute approximate surface area is 124 Å². The first-order valence-electron chi connectivity index (χ1n) is 6.12. The van der Waals surface area contributed by atoms with Crippen LogP contribution in [0, 0.1) is 11.8 Å². The third-order valence-electron chi connectivity index (χ3n) is 3.81. The van der Waals surface area contributed by atoms with Gasteiger partial charge in [-0.2, -0.15) is 39.5 Å². The van der Waals surface area contributed by atoms with Crippen molar-refractivity contribution in [3.05, 3.63) is 28.7 Å². The van der Waals surface area contributed by atoms with Crippen LogP contribution in [0.15, 0.2) is 22.8 Å². The van der Waals surface area contributed by atoms with Crippen molar-refractivity contribution in [3.8, 4) is 0 Å². The largest absolute Gasteiger partial charge is 0.435 e. The van der Waals surface area contributed by atoms with E-state index in [-0.39, 0.29) is 17.6 Å². The summed E-state index contributed by atoms with van der Waals surface area (Å²) in [5, 5.41) is 0. The quantitative estimate of drug-likeness (QED) is 0.515. The zero-order valence-corrected chi connectivity index (χ0v) is 11.9. The van der Waals surface area contributed by atoms with Crippen LogP contribution in [0.3, 0.4) is 0 Å². The molecule has 10 heteroatoms. The van der Waals surface area contributed by atoms with Crippen LogP contribution in [0.2, 0.25) is 0 Å². The van der Waals surface area contributed by atoms with Crippen molar-refractivity contribution in [1.82, 2.24) is 0 Å². The van der Waals surface area contributed by atoms with Crippen LogP contribution in [0.25, 0.3) is 0 Å². The summed E-state index contributed by atoms with van der Waals surface area (Å²) in [7, 11) is 0. The van der Waals surface area contributed by atoms with Crippen molar-refractivity contribution in [2.45, 2.75) is 45.0 Å². The summed E-state index contributed by atoms with van der Waals surface area (Å²) in [6, 6.07) is 0. The Balaban J connectivity index is 3.89. The molecule has 0 N–H and O–H groups in total. The van der Waals surface area contributed by atoms with E-state index >= 15 is 0 Å². The van der Waals surface area contributed by atoms with Gasteiger partial charge >= 0.3 is 24.2 Å². The van der Waals surface area contributed by atoms with Gasteiger partial charge in [-0.3, -0.25) is 0 Å². The molecule has 0 saturated carbocycles. The third kappa shape index (κ3) is 3.08. The summed E-state index contributed by atoms with van der Waals surface area (Å²) in [5.74, 6) is -1.93. The molecule has 1 rings (SSSR count). The number of hydrogen-bond donors (Lipinski definition) is 0. The van der Waals surface area contributed by atoms with E-state index in [1.807, 2.05) is 0 Å². The van der Waals surface area contributed by atoms with Crippen LogP contribution in [-0.4, -0.2) is 24.2 Å². The molecule has 133 valence electrons. The molecule has 0 aromatic heterocycles. The van der Waals surface area contributed by atoms with Gasteiger partial charge in [-0.05, 0) is 12.8 Å². The van der Waals surface area contributed by atoms with E-state index in [9.17, 15) is 43.9 Å². The topological polar surface area (TPSA) is 0 Å². The average Bonchev–Trinajstić information content (AvgIpc) is 2.29. The van der Waals surface area contributed by atoms with Gasteiger partial charge in [0.2, 0.25) is 0 Å². The highest BCUT2D eigenvalue weighted by Gasteiger charge is 2.75. The van der Waals surface area contributed by atoms with Crippen molar-refractivity contribution in [1.29, 1.82) is 0 Å². The minimum atomic E-state index is -6.60. The van der Waals surface area contributed by atoms with Gasteiger partial charge in [0, 0.05) is 17.1 Å². The second-order valence-corrected chi connectivity index (χ2v) is 5.21. The highest BCUT2D eigenvalue weighted by Crippen LogP contribution is 2.56. The predicted molar refractivity (Wildman–Crippen MR) is 60.9 cm³/mol. The number of allylic oxidation sites excluding steroid dienone is 4. The molecule has 1 unspecified atom stereocenters. The highest BCUT2D eigenvalue weighted by atomic mass is 19.4. The van der Waals surface area contributed by atoms with E-state index in [0.717, 1.165) is 20.8 Å². The Hall–Kier alpha value is -1.22. The molecule has 1 aliphatic rings. The lowest BCUT2D eigenvalue weighted by Gasteiger charge is -2.38. The van der Waals surface area contributed by atoms with Gasteiger partial charge in [-0.15, -0.1) is 0 Å². The van der Waals surface area contributed by atoms with E-state index in [4.69, 9.17) is 0 Å². The molecule has 0 aromatic carbocycles. The van der Waals surface area contributed by atoms with Crippen molar-refractivity contribution < 1.29 is 43.9 Å². The molecule has 0 bridgehead atoms. The summed E-state index contributed by atoms with van der Waals surface area (Å²) < 4.78 is 130. The van der Waals surface area contributed by atoms with Crippen LogP contribution in [0.1, 0.15) is 20.8 Å². The fourth-order valence-electron chi connectivity index (χ4n) is 2.35. The lowest BCUT2D eigenvalue weighted by molar-refractivity contribution is -0.326. The Morgan fingerprint density at radius 2 is 1.17 bits per heavy atom. The Bertz CT molecular complexity index is 514. The maximum absolute atomic E-state index is 14.1. The van der Waals surface area contributed by atoms with Gasteiger partial charge in [-0.1, -0.05) is 25.5 Å². The van der Waals surface area contributed by atoms with Gasteiger partial charge in [0.15, 0.2) is 0 Å². The summed E-state index contributed by atoms with van der Waals surface area (Å²) in [6.07, 6.45) is -18.8. The fourth-order valence-corrected chi connectivity index (χ4v) is 2.35. The lowest BCUT2D eigenvalue weighted by atomic mass is 9.72. The molecule has 0 aliphatic heterocycles. The van der Waals surface area contributed by atoms with E-state index < -0.39 is 41.3 Å². The molecular formula is C13H11F10. The molecule has 1 radical (unpaired) electrons.